The Morgan fingerprint density at radius 2 is 1.78 bits per heavy atom. The van der Waals surface area contributed by atoms with Crippen LogP contribution in [0.25, 0.3) is 12.2 Å². The van der Waals surface area contributed by atoms with Crippen LogP contribution in [0.5, 0.6) is 5.75 Å². The third-order valence-corrected chi connectivity index (χ3v) is 4.71. The Kier molecular flexibility index (Phi) is 5.77. The standard InChI is InChI=1S/C18H18N2O6S/c1-4-11-9-13(18(22)23)17(21)16(12(11)5-2)20-19-14-7-6-10(3)8-15(14)27(24,25)26/h4-9,21H,1-3H3,(H,22,23)(H,24,25,26). The lowest BCUT2D eigenvalue weighted by molar-refractivity contribution is 0.0693. The van der Waals surface area contributed by atoms with E-state index in [9.17, 15) is 28.0 Å². The van der Waals surface area contributed by atoms with Gasteiger partial charge in [0.15, 0.2) is 5.75 Å². The molecule has 2 rings (SSSR count). The zero-order valence-corrected chi connectivity index (χ0v) is 15.6. The van der Waals surface area contributed by atoms with Crippen molar-refractivity contribution in [3.05, 3.63) is 45.8 Å². The normalized spacial score (nSPS) is 13.5. The summed E-state index contributed by atoms with van der Waals surface area (Å²) in [6.45, 7) is 5.02. The fraction of sp³-hybridized carbons (Fsp3) is 0.167. The number of hydrogen-bond donors (Lipinski definition) is 3. The van der Waals surface area contributed by atoms with Crippen molar-refractivity contribution >= 4 is 39.6 Å². The van der Waals surface area contributed by atoms with Gasteiger partial charge in [-0.25, -0.2) is 4.79 Å². The summed E-state index contributed by atoms with van der Waals surface area (Å²) in [5.74, 6) is -1.94. The molecule has 9 heteroatoms. The molecule has 0 aliphatic carbocycles. The van der Waals surface area contributed by atoms with E-state index in [0.29, 0.717) is 16.0 Å². The Bertz CT molecular complexity index is 1170. The van der Waals surface area contributed by atoms with Gasteiger partial charge < -0.3 is 10.2 Å². The molecule has 0 heterocycles. The SMILES string of the molecule is CC=c1cc(C(=O)O)c(O)c(N=Nc2ccc(C)cc2S(=O)(=O)O)c1=CC. The van der Waals surface area contributed by atoms with Gasteiger partial charge in [-0.1, -0.05) is 18.2 Å². The number of hydrogen-bond acceptors (Lipinski definition) is 6. The lowest BCUT2D eigenvalue weighted by atomic mass is 10.1. The first kappa shape index (κ1) is 20.3. The summed E-state index contributed by atoms with van der Waals surface area (Å²) in [5.41, 5.74) is -0.0380. The number of nitrogens with zero attached hydrogens (tertiary/aromatic N) is 2. The molecule has 0 atom stereocenters. The molecule has 0 unspecified atom stereocenters. The van der Waals surface area contributed by atoms with Crippen molar-refractivity contribution in [2.75, 3.05) is 0 Å². The van der Waals surface area contributed by atoms with Crippen LogP contribution in [-0.4, -0.2) is 29.2 Å². The molecule has 0 saturated heterocycles. The Morgan fingerprint density at radius 3 is 2.30 bits per heavy atom. The monoisotopic (exact) mass is 390 g/mol. The van der Waals surface area contributed by atoms with Gasteiger partial charge in [-0.15, -0.1) is 10.2 Å². The molecule has 27 heavy (non-hydrogen) atoms. The summed E-state index contributed by atoms with van der Waals surface area (Å²) in [5, 5.41) is 28.2. The van der Waals surface area contributed by atoms with Crippen LogP contribution in [0.15, 0.2) is 39.4 Å². The third kappa shape index (κ3) is 4.21. The summed E-state index contributed by atoms with van der Waals surface area (Å²) in [7, 11) is -4.54. The van der Waals surface area contributed by atoms with E-state index in [4.69, 9.17) is 0 Å². The summed E-state index contributed by atoms with van der Waals surface area (Å²) in [6.07, 6.45) is 3.27. The number of azo groups is 1. The number of benzene rings is 2. The van der Waals surface area contributed by atoms with Crippen molar-refractivity contribution in [1.82, 2.24) is 0 Å². The second kappa shape index (κ2) is 7.68. The van der Waals surface area contributed by atoms with Crippen LogP contribution < -0.4 is 10.4 Å². The van der Waals surface area contributed by atoms with E-state index in [1.807, 2.05) is 0 Å². The first-order chi connectivity index (χ1) is 12.6. The maximum absolute atomic E-state index is 11.6. The van der Waals surface area contributed by atoms with Gasteiger partial charge in [-0.05, 0) is 49.8 Å². The second-order valence-electron chi connectivity index (χ2n) is 5.65. The molecule has 0 radical (unpaired) electrons. The Balaban J connectivity index is 2.80. The fourth-order valence-corrected chi connectivity index (χ4v) is 3.22. The lowest BCUT2D eigenvalue weighted by Crippen LogP contribution is -2.26. The number of aromatic carboxylic acids is 1. The number of aromatic hydroxyl groups is 1. The molecular formula is C18H18N2O6S. The molecule has 0 aromatic heterocycles. The topological polar surface area (TPSA) is 137 Å². The van der Waals surface area contributed by atoms with Crippen molar-refractivity contribution in [2.45, 2.75) is 25.7 Å². The first-order valence-electron chi connectivity index (χ1n) is 7.82. The van der Waals surface area contributed by atoms with Crippen LogP contribution >= 0.6 is 0 Å². The minimum Gasteiger partial charge on any atom is -0.505 e. The molecule has 0 fully saturated rings. The number of aryl methyl sites for hydroxylation is 1. The predicted octanol–water partition coefficient (Wildman–Crippen LogP) is 2.66. The number of carbonyl (C=O) groups is 1. The summed E-state index contributed by atoms with van der Waals surface area (Å²) in [4.78, 5) is 10.9. The highest BCUT2D eigenvalue weighted by Crippen LogP contribution is 2.30. The van der Waals surface area contributed by atoms with E-state index in [1.165, 1.54) is 18.2 Å². The highest BCUT2D eigenvalue weighted by Gasteiger charge is 2.18. The third-order valence-electron chi connectivity index (χ3n) is 3.83. The molecule has 0 saturated carbocycles. The van der Waals surface area contributed by atoms with Gasteiger partial charge in [0.2, 0.25) is 0 Å². The van der Waals surface area contributed by atoms with E-state index < -0.39 is 26.7 Å². The van der Waals surface area contributed by atoms with Gasteiger partial charge in [0.25, 0.3) is 10.1 Å². The van der Waals surface area contributed by atoms with Crippen molar-refractivity contribution in [3.8, 4) is 5.75 Å². The van der Waals surface area contributed by atoms with Gasteiger partial charge in [-0.2, -0.15) is 8.42 Å². The molecule has 0 spiro atoms. The maximum atomic E-state index is 11.6. The van der Waals surface area contributed by atoms with E-state index in [-0.39, 0.29) is 16.9 Å². The average Bonchev–Trinajstić information content (AvgIpc) is 2.59. The molecule has 0 aliphatic rings. The van der Waals surface area contributed by atoms with E-state index in [2.05, 4.69) is 10.2 Å². The average molecular weight is 390 g/mol. The van der Waals surface area contributed by atoms with Gasteiger partial charge in [0, 0.05) is 5.22 Å². The Morgan fingerprint density at radius 1 is 1.11 bits per heavy atom. The van der Waals surface area contributed by atoms with Crippen molar-refractivity contribution in [1.29, 1.82) is 0 Å². The molecule has 2 aromatic rings. The van der Waals surface area contributed by atoms with Gasteiger partial charge in [0.05, 0.1) is 0 Å². The van der Waals surface area contributed by atoms with E-state index in [1.54, 1.807) is 39.0 Å². The second-order valence-corrected chi connectivity index (χ2v) is 7.04. The van der Waals surface area contributed by atoms with Gasteiger partial charge in [-0.3, -0.25) is 4.55 Å². The smallest absolute Gasteiger partial charge is 0.339 e. The molecular weight excluding hydrogens is 372 g/mol. The van der Waals surface area contributed by atoms with Crippen molar-refractivity contribution in [3.63, 3.8) is 0 Å². The number of carboxylic acid groups (broad SMARTS) is 1. The van der Waals surface area contributed by atoms with Crippen LogP contribution in [-0.2, 0) is 10.1 Å². The summed E-state index contributed by atoms with van der Waals surface area (Å²) < 4.78 is 32.5. The van der Waals surface area contributed by atoms with Crippen LogP contribution in [0.2, 0.25) is 0 Å². The molecule has 3 N–H and O–H groups in total. The summed E-state index contributed by atoms with van der Waals surface area (Å²) in [6, 6.07) is 5.47. The Labute approximate surface area is 155 Å². The van der Waals surface area contributed by atoms with Gasteiger partial charge >= 0.3 is 5.97 Å². The van der Waals surface area contributed by atoms with Gasteiger partial charge in [0.1, 0.15) is 21.8 Å². The molecule has 2 aromatic carbocycles. The zero-order valence-electron chi connectivity index (χ0n) is 14.8. The molecule has 8 nitrogen and oxygen atoms in total. The van der Waals surface area contributed by atoms with Crippen LogP contribution in [0.3, 0.4) is 0 Å². The Hall–Kier alpha value is -3.04. The molecule has 0 bridgehead atoms. The van der Waals surface area contributed by atoms with E-state index in [0.717, 1.165) is 0 Å². The van der Waals surface area contributed by atoms with Crippen LogP contribution in [0.1, 0.15) is 29.8 Å². The largest absolute Gasteiger partial charge is 0.505 e. The molecule has 0 aliphatic heterocycles. The molecule has 142 valence electrons. The quantitative estimate of drug-likeness (QED) is 0.542. The zero-order chi connectivity index (χ0) is 20.4. The summed E-state index contributed by atoms with van der Waals surface area (Å²) >= 11 is 0. The minimum atomic E-state index is -4.54. The van der Waals surface area contributed by atoms with Crippen LogP contribution in [0, 0.1) is 6.92 Å². The predicted molar refractivity (Wildman–Crippen MR) is 99.8 cm³/mol. The number of carboxylic acids is 1. The number of rotatable bonds is 4. The highest BCUT2D eigenvalue weighted by atomic mass is 32.2. The van der Waals surface area contributed by atoms with E-state index >= 15 is 0 Å². The number of phenols is 1. The van der Waals surface area contributed by atoms with Crippen molar-refractivity contribution in [2.24, 2.45) is 10.2 Å². The fourth-order valence-electron chi connectivity index (χ4n) is 2.51. The minimum absolute atomic E-state index is 0.118. The first-order valence-corrected chi connectivity index (χ1v) is 9.26. The highest BCUT2D eigenvalue weighted by molar-refractivity contribution is 7.86. The maximum Gasteiger partial charge on any atom is 0.339 e. The lowest BCUT2D eigenvalue weighted by Gasteiger charge is -2.06. The van der Waals surface area contributed by atoms with Crippen molar-refractivity contribution < 1.29 is 28.0 Å². The molecule has 0 amide bonds. The van der Waals surface area contributed by atoms with Crippen LogP contribution in [0.4, 0.5) is 11.4 Å².